The topological polar surface area (TPSA) is 325 Å². The fourth-order valence-corrected chi connectivity index (χ4v) is 7.07. The van der Waals surface area contributed by atoms with E-state index in [9.17, 15) is 28.8 Å². The molecule has 0 aromatic rings. The van der Waals surface area contributed by atoms with Crippen LogP contribution in [0.1, 0.15) is 44.9 Å². The molecule has 416 valence electrons. The second-order valence-corrected chi connectivity index (χ2v) is 16.2. The Hall–Kier alpha value is -4.32. The molecule has 0 saturated heterocycles. The molecule has 26 heteroatoms. The number of rotatable bonds is 46. The summed E-state index contributed by atoms with van der Waals surface area (Å²) in [5, 5.41) is 37.2. The van der Waals surface area contributed by atoms with Gasteiger partial charge in [0.05, 0.1) is 159 Å². The van der Waals surface area contributed by atoms with Crippen LogP contribution in [-0.4, -0.2) is 247 Å². The third-order valence-corrected chi connectivity index (χ3v) is 10.9. The zero-order valence-corrected chi connectivity index (χ0v) is 41.7. The van der Waals surface area contributed by atoms with Crippen molar-refractivity contribution in [1.82, 2.24) is 26.2 Å². The molecule has 0 bridgehead atoms. The van der Waals surface area contributed by atoms with E-state index in [0.717, 1.165) is 0 Å². The van der Waals surface area contributed by atoms with Gasteiger partial charge in [0.25, 0.3) is 11.8 Å². The summed E-state index contributed by atoms with van der Waals surface area (Å²) in [6.07, 6.45) is 2.48. The van der Waals surface area contributed by atoms with Gasteiger partial charge in [0.2, 0.25) is 5.91 Å². The Morgan fingerprint density at radius 1 is 0.458 bits per heavy atom. The molecule has 0 spiro atoms. The molecule has 0 atom stereocenters. The summed E-state index contributed by atoms with van der Waals surface area (Å²) < 4.78 is 64.5. The van der Waals surface area contributed by atoms with Gasteiger partial charge >= 0.3 is 18.3 Å². The Morgan fingerprint density at radius 3 is 1.08 bits per heavy atom. The lowest BCUT2D eigenvalue weighted by Crippen LogP contribution is -2.53. The maximum absolute atomic E-state index is 14.1. The van der Waals surface area contributed by atoms with Crippen molar-refractivity contribution >= 4 is 36.0 Å². The maximum Gasteiger partial charge on any atom is 0.407 e. The molecule has 2 aliphatic rings. The van der Waals surface area contributed by atoms with Gasteiger partial charge in [-0.1, -0.05) is 0 Å². The number of imide groups is 1. The van der Waals surface area contributed by atoms with E-state index >= 15 is 0 Å². The van der Waals surface area contributed by atoms with Gasteiger partial charge in [-0.3, -0.25) is 19.3 Å². The summed E-state index contributed by atoms with van der Waals surface area (Å²) >= 11 is 0. The van der Waals surface area contributed by atoms with Crippen molar-refractivity contribution in [2.45, 2.75) is 50.5 Å². The molecule has 6 amide bonds. The molecular formula is C46H81N5O21. The first kappa shape index (κ1) is 63.8. The molecule has 26 nitrogen and oxygen atoms in total. The van der Waals surface area contributed by atoms with Gasteiger partial charge in [0.15, 0.2) is 0 Å². The van der Waals surface area contributed by atoms with Gasteiger partial charge in [-0.2, -0.15) is 0 Å². The maximum atomic E-state index is 14.1. The Balaban J connectivity index is 2.02. The smallest absolute Gasteiger partial charge is 0.407 e. The van der Waals surface area contributed by atoms with Gasteiger partial charge in [-0.25, -0.2) is 14.4 Å². The number of hydrogen-bond acceptors (Lipinski definition) is 21. The Labute approximate surface area is 421 Å². The molecule has 0 aromatic carbocycles. The van der Waals surface area contributed by atoms with E-state index in [2.05, 4.69) is 21.3 Å². The zero-order valence-electron chi connectivity index (χ0n) is 41.7. The van der Waals surface area contributed by atoms with Crippen molar-refractivity contribution in [2.24, 2.45) is 11.8 Å². The Morgan fingerprint density at radius 2 is 0.764 bits per heavy atom. The van der Waals surface area contributed by atoms with E-state index in [-0.39, 0.29) is 168 Å². The molecule has 1 fully saturated rings. The average molecular weight is 1040 g/mol. The van der Waals surface area contributed by atoms with Crippen LogP contribution in [0.5, 0.6) is 0 Å². The number of nitrogens with zero attached hydrogens (tertiary/aromatic N) is 1. The third-order valence-electron chi connectivity index (χ3n) is 10.9. The summed E-state index contributed by atoms with van der Waals surface area (Å²) in [6.45, 7) is 4.90. The molecule has 1 aliphatic heterocycles. The molecule has 1 saturated carbocycles. The minimum absolute atomic E-state index is 0.0160. The number of aliphatic hydroxyl groups is 3. The van der Waals surface area contributed by atoms with Crippen molar-refractivity contribution in [3.63, 3.8) is 0 Å². The highest BCUT2D eigenvalue weighted by atomic mass is 16.6. The van der Waals surface area contributed by atoms with Crippen LogP contribution in [0.15, 0.2) is 12.2 Å². The number of carbonyl (C=O) groups is 6. The predicted octanol–water partition coefficient (Wildman–Crippen LogP) is -0.952. The van der Waals surface area contributed by atoms with Crippen LogP contribution in [0.25, 0.3) is 0 Å². The average Bonchev–Trinajstić information content (AvgIpc) is 3.68. The van der Waals surface area contributed by atoms with E-state index < -0.39 is 29.7 Å². The first-order chi connectivity index (χ1) is 35.1. The van der Waals surface area contributed by atoms with Crippen LogP contribution in [0, 0.1) is 11.8 Å². The monoisotopic (exact) mass is 1040 g/mol. The highest BCUT2D eigenvalue weighted by molar-refractivity contribution is 6.12. The summed E-state index contributed by atoms with van der Waals surface area (Å²) in [5.41, 5.74) is -1.22. The molecule has 1 heterocycles. The summed E-state index contributed by atoms with van der Waals surface area (Å²) in [4.78, 5) is 78.0. The first-order valence-electron chi connectivity index (χ1n) is 24.7. The van der Waals surface area contributed by atoms with E-state index in [1.165, 1.54) is 17.1 Å². The fourth-order valence-electron chi connectivity index (χ4n) is 7.07. The van der Waals surface area contributed by atoms with E-state index in [1.54, 1.807) is 0 Å². The molecule has 1 aliphatic carbocycles. The largest absolute Gasteiger partial charge is 0.449 e. The molecule has 2 rings (SSSR count). The minimum atomic E-state index is -1.22. The summed E-state index contributed by atoms with van der Waals surface area (Å²) in [6, 6.07) is 0. The predicted molar refractivity (Wildman–Crippen MR) is 253 cm³/mol. The van der Waals surface area contributed by atoms with E-state index in [1.807, 2.05) is 0 Å². The SMILES string of the molecule is O=C(NCCOCCOCCOCCO)OCCC(CCOC(=O)NCCOCCOCCOCCO)(CCOC(=O)NCCOCCOCCOCCO)NC(=O)C1CCC(CN2C(=O)C=CC2=O)CC1. The molecule has 0 aromatic heterocycles. The number of hydrogen-bond donors (Lipinski definition) is 7. The van der Waals surface area contributed by atoms with Gasteiger partial charge < -0.3 is 93.4 Å². The van der Waals surface area contributed by atoms with Gasteiger partial charge in [0.1, 0.15) is 0 Å². The van der Waals surface area contributed by atoms with Gasteiger partial charge in [-0.15, -0.1) is 0 Å². The standard InChI is InChI=1S/C46H81N5O21/c52-13-22-64-28-34-67-31-25-61-19-10-47-43(58)70-16-7-46(8-17-71-44(59)48-11-20-62-26-32-68-35-29-65-23-14-53,9-18-72-45(60)49-12-21-63-27-33-69-36-30-66-24-15-54)50-42(57)39-3-1-38(2-4-39)37-51-40(55)5-6-41(51)56/h5-6,38-39,52-54H,1-4,7-37H2,(H,47,58)(H,48,59)(H,49,60)(H,50,57). The normalized spacial score (nSPS) is 15.7. The fraction of sp³-hybridized carbons (Fsp3) is 0.826. The number of carbonyl (C=O) groups excluding carboxylic acids is 6. The molecule has 0 radical (unpaired) electrons. The minimum Gasteiger partial charge on any atom is -0.449 e. The second-order valence-electron chi connectivity index (χ2n) is 16.2. The lowest BCUT2D eigenvalue weighted by Gasteiger charge is -2.37. The molecule has 7 N–H and O–H groups in total. The molecule has 72 heavy (non-hydrogen) atoms. The van der Waals surface area contributed by atoms with Crippen LogP contribution >= 0.6 is 0 Å². The highest BCUT2D eigenvalue weighted by Crippen LogP contribution is 2.32. The molecule has 0 unspecified atom stereocenters. The van der Waals surface area contributed by atoms with Gasteiger partial charge in [-0.05, 0) is 31.6 Å². The summed E-state index contributed by atoms with van der Waals surface area (Å²) in [7, 11) is 0. The number of alkyl carbamates (subject to hydrolysis) is 3. The molecular weight excluding hydrogens is 959 g/mol. The van der Waals surface area contributed by atoms with Crippen molar-refractivity contribution in [3.05, 3.63) is 12.2 Å². The summed E-state index contributed by atoms with van der Waals surface area (Å²) in [5.74, 6) is -1.46. The van der Waals surface area contributed by atoms with Crippen LogP contribution in [-0.2, 0) is 71.2 Å². The van der Waals surface area contributed by atoms with Gasteiger partial charge in [0, 0.05) is 69.1 Å². The Bertz CT molecular complexity index is 1370. The van der Waals surface area contributed by atoms with Crippen molar-refractivity contribution in [1.29, 1.82) is 0 Å². The number of ether oxygens (including phenoxy) is 12. The van der Waals surface area contributed by atoms with Crippen molar-refractivity contribution in [3.8, 4) is 0 Å². The Kier molecular flexibility index (Phi) is 38.2. The van der Waals surface area contributed by atoms with Crippen molar-refractivity contribution < 1.29 is 101 Å². The first-order valence-corrected chi connectivity index (χ1v) is 24.7. The van der Waals surface area contributed by atoms with Crippen LogP contribution in [0.3, 0.4) is 0 Å². The number of amides is 6. The third kappa shape index (κ3) is 32.7. The highest BCUT2D eigenvalue weighted by Gasteiger charge is 2.37. The quantitative estimate of drug-likeness (QED) is 0.0220. The van der Waals surface area contributed by atoms with Crippen LogP contribution in [0.2, 0.25) is 0 Å². The van der Waals surface area contributed by atoms with Crippen molar-refractivity contribution in [2.75, 3.05) is 185 Å². The lowest BCUT2D eigenvalue weighted by molar-refractivity contribution is -0.138. The lowest BCUT2D eigenvalue weighted by atomic mass is 9.80. The second kappa shape index (κ2) is 43.1. The number of aliphatic hydroxyl groups excluding tert-OH is 3. The van der Waals surface area contributed by atoms with Crippen LogP contribution < -0.4 is 21.3 Å². The number of nitrogens with one attached hydrogen (secondary N) is 4. The van der Waals surface area contributed by atoms with E-state index in [0.29, 0.717) is 85.1 Å². The van der Waals surface area contributed by atoms with Crippen LogP contribution in [0.4, 0.5) is 14.4 Å². The zero-order chi connectivity index (χ0) is 52.2. The van der Waals surface area contributed by atoms with E-state index in [4.69, 9.17) is 72.2 Å².